The molecule has 5 nitrogen and oxygen atoms in total. The Morgan fingerprint density at radius 2 is 0.942 bits per heavy atom. The van der Waals surface area contributed by atoms with Crippen LogP contribution in [0.4, 0.5) is 11.4 Å². The average molecular weight is 670 g/mol. The summed E-state index contributed by atoms with van der Waals surface area (Å²) < 4.78 is 4.49. The summed E-state index contributed by atoms with van der Waals surface area (Å²) in [4.78, 5) is 12.8. The van der Waals surface area contributed by atoms with Crippen LogP contribution in [-0.2, 0) is 0 Å². The maximum Gasteiger partial charge on any atom is 0.145 e. The quantitative estimate of drug-likeness (QED) is 0.162. The number of nitrogens with zero attached hydrogens (tertiary/aromatic N) is 5. The van der Waals surface area contributed by atoms with Crippen LogP contribution >= 0.6 is 0 Å². The van der Waals surface area contributed by atoms with Crippen LogP contribution in [0, 0.1) is 6.92 Å². The molecule has 0 unspecified atom stereocenters. The number of hydrogen-bond acceptors (Lipinski definition) is 3. The molecule has 248 valence electrons. The van der Waals surface area contributed by atoms with E-state index in [1.807, 2.05) is 30.3 Å². The van der Waals surface area contributed by atoms with E-state index in [2.05, 4.69) is 173 Å². The number of aryl methyl sites for hydroxylation is 1. The second kappa shape index (κ2) is 13.0. The Kier molecular flexibility index (Phi) is 7.79. The molecule has 0 aliphatic rings. The molecule has 0 saturated heterocycles. The van der Waals surface area contributed by atoms with Gasteiger partial charge >= 0.3 is 0 Å². The standard InChI is InChI=1S/C47H35N5/c1-33-18-12-15-27-43(33)50(38-19-6-3-7-20-38)34(2)35-30-36(46-48-41-25-13-16-28-44(41)51(46)39-21-8-4-9-22-39)32-37(31-35)47-49-42-26-14-17-29-45(42)52(47)40-23-10-5-11-24-40/h3-32H,2H2,1H3. The van der Waals surface area contributed by atoms with Gasteiger partial charge in [0, 0.05) is 39.6 Å². The Labute approximate surface area is 303 Å². The van der Waals surface area contributed by atoms with E-state index in [0.29, 0.717) is 0 Å². The molecule has 0 atom stereocenters. The fourth-order valence-corrected chi connectivity index (χ4v) is 7.13. The number of aromatic nitrogens is 4. The van der Waals surface area contributed by atoms with Gasteiger partial charge in [-0.3, -0.25) is 9.13 Å². The normalized spacial score (nSPS) is 11.2. The third-order valence-electron chi connectivity index (χ3n) is 9.57. The minimum Gasteiger partial charge on any atom is -0.310 e. The smallest absolute Gasteiger partial charge is 0.145 e. The summed E-state index contributed by atoms with van der Waals surface area (Å²) >= 11 is 0. The molecule has 0 aliphatic carbocycles. The van der Waals surface area contributed by atoms with E-state index < -0.39 is 0 Å². The maximum atomic E-state index is 5.29. The number of imidazole rings is 2. The van der Waals surface area contributed by atoms with Crippen LogP contribution in [0.2, 0.25) is 0 Å². The highest BCUT2D eigenvalue weighted by molar-refractivity contribution is 5.92. The number of para-hydroxylation sites is 8. The summed E-state index contributed by atoms with van der Waals surface area (Å²) in [5.74, 6) is 1.68. The van der Waals surface area contributed by atoms with E-state index in [1.54, 1.807) is 0 Å². The first-order chi connectivity index (χ1) is 25.6. The molecular formula is C47H35N5. The molecule has 9 aromatic rings. The van der Waals surface area contributed by atoms with E-state index in [1.165, 1.54) is 0 Å². The Hall–Kier alpha value is -6.98. The minimum atomic E-state index is 0.841. The lowest BCUT2D eigenvalue weighted by atomic mass is 10.0. The maximum absolute atomic E-state index is 5.29. The van der Waals surface area contributed by atoms with E-state index in [4.69, 9.17) is 16.5 Å². The van der Waals surface area contributed by atoms with E-state index >= 15 is 0 Å². The van der Waals surface area contributed by atoms with E-state index in [0.717, 1.165) is 84.4 Å². The molecule has 5 heteroatoms. The van der Waals surface area contributed by atoms with Gasteiger partial charge in [0.05, 0.1) is 22.1 Å². The Balaban J connectivity index is 1.34. The lowest BCUT2D eigenvalue weighted by Crippen LogP contribution is -2.16. The van der Waals surface area contributed by atoms with Gasteiger partial charge in [-0.05, 0) is 103 Å². The summed E-state index contributed by atoms with van der Waals surface area (Å²) in [5, 5.41) is 0. The second-order valence-electron chi connectivity index (χ2n) is 12.9. The molecule has 2 heterocycles. The lowest BCUT2D eigenvalue weighted by molar-refractivity contribution is 1.09. The van der Waals surface area contributed by atoms with E-state index in [9.17, 15) is 0 Å². The molecule has 0 amide bonds. The molecule has 0 fully saturated rings. The van der Waals surface area contributed by atoms with Crippen LogP contribution in [0.25, 0.3) is 61.9 Å². The molecule has 0 saturated carbocycles. The predicted octanol–water partition coefficient (Wildman–Crippen LogP) is 11.8. The van der Waals surface area contributed by atoms with Gasteiger partial charge in [0.15, 0.2) is 0 Å². The number of hydrogen-bond donors (Lipinski definition) is 0. The van der Waals surface area contributed by atoms with Gasteiger partial charge in [0.2, 0.25) is 0 Å². The van der Waals surface area contributed by atoms with Crippen molar-refractivity contribution in [2.24, 2.45) is 0 Å². The molecule has 2 aromatic heterocycles. The van der Waals surface area contributed by atoms with Gasteiger partial charge in [-0.15, -0.1) is 0 Å². The first-order valence-corrected chi connectivity index (χ1v) is 17.5. The first kappa shape index (κ1) is 31.0. The summed E-state index contributed by atoms with van der Waals surface area (Å²) in [6, 6.07) is 63.1. The summed E-state index contributed by atoms with van der Waals surface area (Å²) in [6.07, 6.45) is 0. The molecule has 7 aromatic carbocycles. The molecule has 0 aliphatic heterocycles. The van der Waals surface area contributed by atoms with Gasteiger partial charge in [-0.1, -0.05) is 104 Å². The molecule has 52 heavy (non-hydrogen) atoms. The molecule has 9 rings (SSSR count). The van der Waals surface area contributed by atoms with Crippen molar-refractivity contribution in [3.8, 4) is 34.2 Å². The highest BCUT2D eigenvalue weighted by Crippen LogP contribution is 2.40. The Morgan fingerprint density at radius 3 is 1.46 bits per heavy atom. The topological polar surface area (TPSA) is 38.9 Å². The number of anilines is 2. The molecule has 0 bridgehead atoms. The second-order valence-corrected chi connectivity index (χ2v) is 12.9. The summed E-state index contributed by atoms with van der Waals surface area (Å²) in [6.45, 7) is 6.95. The van der Waals surface area contributed by atoms with Crippen LogP contribution < -0.4 is 4.90 Å². The monoisotopic (exact) mass is 669 g/mol. The van der Waals surface area contributed by atoms with Gasteiger partial charge in [-0.2, -0.15) is 0 Å². The van der Waals surface area contributed by atoms with Crippen molar-refractivity contribution in [3.63, 3.8) is 0 Å². The third-order valence-corrected chi connectivity index (χ3v) is 9.57. The number of fused-ring (bicyclic) bond motifs is 2. The van der Waals surface area contributed by atoms with Crippen LogP contribution in [-0.4, -0.2) is 19.1 Å². The van der Waals surface area contributed by atoms with E-state index in [-0.39, 0.29) is 0 Å². The molecule has 0 spiro atoms. The summed E-state index contributed by atoms with van der Waals surface area (Å²) in [7, 11) is 0. The molecular weight excluding hydrogens is 635 g/mol. The van der Waals surface area contributed by atoms with Crippen LogP contribution in [0.1, 0.15) is 11.1 Å². The van der Waals surface area contributed by atoms with Crippen molar-refractivity contribution in [1.82, 2.24) is 19.1 Å². The SMILES string of the molecule is C=C(c1cc(-c2nc3ccccc3n2-c2ccccc2)cc(-c2nc3ccccc3n2-c2ccccc2)c1)N(c1ccccc1)c1ccccc1C. The highest BCUT2D eigenvalue weighted by atomic mass is 15.2. The minimum absolute atomic E-state index is 0.841. The van der Waals surface area contributed by atoms with Crippen molar-refractivity contribution in [1.29, 1.82) is 0 Å². The van der Waals surface area contributed by atoms with Crippen molar-refractivity contribution in [3.05, 3.63) is 200 Å². The van der Waals surface area contributed by atoms with Crippen molar-refractivity contribution in [2.45, 2.75) is 6.92 Å². The number of benzene rings is 7. The van der Waals surface area contributed by atoms with Crippen LogP contribution in [0.5, 0.6) is 0 Å². The van der Waals surface area contributed by atoms with Crippen LogP contribution in [0.15, 0.2) is 189 Å². The van der Waals surface area contributed by atoms with Gasteiger partial charge in [0.25, 0.3) is 0 Å². The highest BCUT2D eigenvalue weighted by Gasteiger charge is 2.23. The molecule has 0 N–H and O–H groups in total. The fraction of sp³-hybridized carbons (Fsp3) is 0.0213. The van der Waals surface area contributed by atoms with Crippen molar-refractivity contribution >= 4 is 39.1 Å². The Morgan fingerprint density at radius 1 is 0.500 bits per heavy atom. The third kappa shape index (κ3) is 5.45. The zero-order valence-corrected chi connectivity index (χ0v) is 28.8. The average Bonchev–Trinajstić information content (AvgIpc) is 3.79. The summed E-state index contributed by atoms with van der Waals surface area (Å²) in [5.41, 5.74) is 13.0. The van der Waals surface area contributed by atoms with Crippen molar-refractivity contribution in [2.75, 3.05) is 4.90 Å². The Bertz CT molecular complexity index is 2570. The zero-order valence-electron chi connectivity index (χ0n) is 28.8. The fourth-order valence-electron chi connectivity index (χ4n) is 7.13. The number of rotatable bonds is 8. The van der Waals surface area contributed by atoms with Gasteiger partial charge in [0.1, 0.15) is 11.6 Å². The molecule has 0 radical (unpaired) electrons. The predicted molar refractivity (Wildman–Crippen MR) is 215 cm³/mol. The van der Waals surface area contributed by atoms with Gasteiger partial charge < -0.3 is 4.90 Å². The largest absolute Gasteiger partial charge is 0.310 e. The first-order valence-electron chi connectivity index (χ1n) is 17.5. The van der Waals surface area contributed by atoms with Gasteiger partial charge in [-0.25, -0.2) is 9.97 Å². The zero-order chi connectivity index (χ0) is 35.0. The lowest BCUT2D eigenvalue weighted by Gasteiger charge is -2.29. The van der Waals surface area contributed by atoms with Crippen molar-refractivity contribution < 1.29 is 0 Å². The van der Waals surface area contributed by atoms with Crippen LogP contribution in [0.3, 0.4) is 0 Å².